The van der Waals surface area contributed by atoms with Gasteiger partial charge in [0, 0.05) is 45.0 Å². The average molecular weight is 317 g/mol. The number of aryl methyl sites for hydroxylation is 2. The molecule has 1 aliphatic heterocycles. The Bertz CT molecular complexity index is 611. The Morgan fingerprint density at radius 2 is 2.26 bits per heavy atom. The van der Waals surface area contributed by atoms with Gasteiger partial charge in [-0.2, -0.15) is 5.10 Å². The van der Waals surface area contributed by atoms with Gasteiger partial charge < -0.3 is 14.2 Å². The second-order valence-electron chi connectivity index (χ2n) is 5.99. The molecule has 0 aliphatic carbocycles. The van der Waals surface area contributed by atoms with Gasteiger partial charge in [0.05, 0.1) is 18.4 Å². The summed E-state index contributed by atoms with van der Waals surface area (Å²) in [7, 11) is 2.01. The number of likely N-dealkylation sites (N-methyl/N-ethyl adjacent to an activating group) is 1. The van der Waals surface area contributed by atoms with Crippen molar-refractivity contribution in [1.82, 2.24) is 20.3 Å². The number of ether oxygens (including phenoxy) is 1. The minimum atomic E-state index is 0.149. The van der Waals surface area contributed by atoms with Crippen LogP contribution < -0.4 is 4.90 Å². The minimum absolute atomic E-state index is 0.149. The molecule has 2 aromatic rings. The van der Waals surface area contributed by atoms with Crippen LogP contribution in [-0.4, -0.2) is 59.6 Å². The largest absolute Gasteiger partial charge is 0.374 e. The summed E-state index contributed by atoms with van der Waals surface area (Å²) in [6.45, 7) is 8.15. The average Bonchev–Trinajstić information content (AvgIpc) is 2.88. The van der Waals surface area contributed by atoms with E-state index in [1.165, 1.54) is 5.56 Å². The second-order valence-corrected chi connectivity index (χ2v) is 5.99. The van der Waals surface area contributed by atoms with Crippen molar-refractivity contribution < 1.29 is 9.26 Å². The van der Waals surface area contributed by atoms with E-state index in [0.29, 0.717) is 0 Å². The molecule has 7 nitrogen and oxygen atoms in total. The van der Waals surface area contributed by atoms with Gasteiger partial charge in [-0.3, -0.25) is 4.90 Å². The summed E-state index contributed by atoms with van der Waals surface area (Å²) in [6.07, 6.45) is 1.83. The molecule has 0 bridgehead atoms. The molecule has 0 spiro atoms. The van der Waals surface area contributed by atoms with Crippen molar-refractivity contribution in [3.8, 4) is 0 Å². The highest BCUT2D eigenvalue weighted by Crippen LogP contribution is 2.18. The molecular weight excluding hydrogens is 294 g/mol. The maximum Gasteiger partial charge on any atom is 0.151 e. The fourth-order valence-corrected chi connectivity index (χ4v) is 2.88. The van der Waals surface area contributed by atoms with E-state index in [1.54, 1.807) is 6.20 Å². The summed E-state index contributed by atoms with van der Waals surface area (Å²) in [5, 5.41) is 12.1. The molecule has 124 valence electrons. The summed E-state index contributed by atoms with van der Waals surface area (Å²) in [5.74, 6) is 1.76. The first-order valence-electron chi connectivity index (χ1n) is 7.88. The smallest absolute Gasteiger partial charge is 0.151 e. The third-order valence-corrected chi connectivity index (χ3v) is 4.21. The van der Waals surface area contributed by atoms with E-state index in [-0.39, 0.29) is 6.10 Å². The molecule has 0 aromatic carbocycles. The van der Waals surface area contributed by atoms with Crippen LogP contribution in [0.2, 0.25) is 0 Å². The summed E-state index contributed by atoms with van der Waals surface area (Å²) in [5.41, 5.74) is 2.16. The van der Waals surface area contributed by atoms with E-state index < -0.39 is 0 Å². The lowest BCUT2D eigenvalue weighted by molar-refractivity contribution is -0.0266. The molecule has 1 saturated heterocycles. The fourth-order valence-electron chi connectivity index (χ4n) is 2.88. The summed E-state index contributed by atoms with van der Waals surface area (Å²) < 4.78 is 11.2. The standard InChI is InChI=1S/C16H23N5O2/c1-12-15(13(2)23-19-12)11-21-7-8-22-14(10-21)9-20(3)16-5-4-6-17-18-16/h4-6,14H,7-11H2,1-3H3. The molecule has 2 aromatic heterocycles. The monoisotopic (exact) mass is 317 g/mol. The van der Waals surface area contributed by atoms with Crippen molar-refractivity contribution in [3.05, 3.63) is 35.3 Å². The summed E-state index contributed by atoms with van der Waals surface area (Å²) in [4.78, 5) is 4.47. The van der Waals surface area contributed by atoms with E-state index in [9.17, 15) is 0 Å². The van der Waals surface area contributed by atoms with E-state index in [2.05, 4.69) is 25.2 Å². The number of anilines is 1. The fraction of sp³-hybridized carbons (Fsp3) is 0.562. The Morgan fingerprint density at radius 1 is 1.39 bits per heavy atom. The van der Waals surface area contributed by atoms with Gasteiger partial charge in [-0.1, -0.05) is 5.16 Å². The first-order chi connectivity index (χ1) is 11.1. The molecule has 3 heterocycles. The third kappa shape index (κ3) is 3.86. The first-order valence-corrected chi connectivity index (χ1v) is 7.88. The van der Waals surface area contributed by atoms with Crippen LogP contribution in [0.3, 0.4) is 0 Å². The molecule has 0 radical (unpaired) electrons. The van der Waals surface area contributed by atoms with Gasteiger partial charge in [0.1, 0.15) is 5.76 Å². The van der Waals surface area contributed by atoms with E-state index in [1.807, 2.05) is 33.0 Å². The van der Waals surface area contributed by atoms with E-state index in [4.69, 9.17) is 9.26 Å². The van der Waals surface area contributed by atoms with Crippen LogP contribution in [0.25, 0.3) is 0 Å². The molecule has 3 rings (SSSR count). The van der Waals surface area contributed by atoms with Crippen LogP contribution in [0, 0.1) is 13.8 Å². The predicted octanol–water partition coefficient (Wildman–Crippen LogP) is 1.42. The number of nitrogens with zero attached hydrogens (tertiary/aromatic N) is 5. The number of hydrogen-bond acceptors (Lipinski definition) is 7. The first kappa shape index (κ1) is 15.9. The molecule has 0 amide bonds. The van der Waals surface area contributed by atoms with Gasteiger partial charge in [0.25, 0.3) is 0 Å². The Morgan fingerprint density at radius 3 is 2.96 bits per heavy atom. The third-order valence-electron chi connectivity index (χ3n) is 4.21. The number of aromatic nitrogens is 3. The van der Waals surface area contributed by atoms with Crippen LogP contribution in [0.5, 0.6) is 0 Å². The van der Waals surface area contributed by atoms with Crippen LogP contribution >= 0.6 is 0 Å². The van der Waals surface area contributed by atoms with Gasteiger partial charge in [0.2, 0.25) is 0 Å². The van der Waals surface area contributed by atoms with Crippen LogP contribution in [-0.2, 0) is 11.3 Å². The van der Waals surface area contributed by atoms with Gasteiger partial charge in [0.15, 0.2) is 5.82 Å². The summed E-state index contributed by atoms with van der Waals surface area (Å²) in [6, 6.07) is 3.85. The number of morpholine rings is 1. The Kier molecular flexibility index (Phi) is 4.88. The maximum atomic E-state index is 5.91. The molecular formula is C16H23N5O2. The molecule has 1 unspecified atom stereocenters. The van der Waals surface area contributed by atoms with Gasteiger partial charge in [-0.25, -0.2) is 0 Å². The maximum absolute atomic E-state index is 5.91. The minimum Gasteiger partial charge on any atom is -0.374 e. The van der Waals surface area contributed by atoms with Gasteiger partial charge in [-0.05, 0) is 26.0 Å². The highest BCUT2D eigenvalue weighted by molar-refractivity contribution is 5.35. The van der Waals surface area contributed by atoms with Crippen molar-refractivity contribution >= 4 is 5.82 Å². The lowest BCUT2D eigenvalue weighted by Gasteiger charge is -2.34. The summed E-state index contributed by atoms with van der Waals surface area (Å²) >= 11 is 0. The van der Waals surface area contributed by atoms with Crippen molar-refractivity contribution in [2.24, 2.45) is 0 Å². The zero-order valence-corrected chi connectivity index (χ0v) is 13.9. The lowest BCUT2D eigenvalue weighted by atomic mass is 10.1. The van der Waals surface area contributed by atoms with Crippen LogP contribution in [0.4, 0.5) is 5.82 Å². The molecule has 7 heteroatoms. The van der Waals surface area contributed by atoms with Gasteiger partial charge in [-0.15, -0.1) is 5.10 Å². The van der Waals surface area contributed by atoms with Crippen molar-refractivity contribution in [3.63, 3.8) is 0 Å². The van der Waals surface area contributed by atoms with Crippen molar-refractivity contribution in [2.45, 2.75) is 26.5 Å². The van der Waals surface area contributed by atoms with E-state index >= 15 is 0 Å². The van der Waals surface area contributed by atoms with Crippen LogP contribution in [0.15, 0.2) is 22.9 Å². The Labute approximate surface area is 136 Å². The molecule has 23 heavy (non-hydrogen) atoms. The van der Waals surface area contributed by atoms with Crippen LogP contribution in [0.1, 0.15) is 17.0 Å². The molecule has 1 aliphatic rings. The normalized spacial score (nSPS) is 19.0. The Hall–Kier alpha value is -1.99. The highest BCUT2D eigenvalue weighted by atomic mass is 16.5. The number of rotatable bonds is 5. The molecule has 1 fully saturated rings. The zero-order valence-electron chi connectivity index (χ0n) is 13.9. The SMILES string of the molecule is Cc1noc(C)c1CN1CCOC(CN(C)c2cccnn2)C1. The van der Waals surface area contributed by atoms with Crippen molar-refractivity contribution in [2.75, 3.05) is 38.2 Å². The van der Waals surface area contributed by atoms with E-state index in [0.717, 1.165) is 50.1 Å². The lowest BCUT2D eigenvalue weighted by Crippen LogP contribution is -2.46. The topological polar surface area (TPSA) is 67.5 Å². The predicted molar refractivity (Wildman–Crippen MR) is 86.3 cm³/mol. The number of hydrogen-bond donors (Lipinski definition) is 0. The molecule has 1 atom stereocenters. The van der Waals surface area contributed by atoms with Gasteiger partial charge >= 0.3 is 0 Å². The second kappa shape index (κ2) is 7.06. The molecule has 0 saturated carbocycles. The highest BCUT2D eigenvalue weighted by Gasteiger charge is 2.24. The molecule has 0 N–H and O–H groups in total. The Balaban J connectivity index is 1.58. The van der Waals surface area contributed by atoms with Crippen molar-refractivity contribution in [1.29, 1.82) is 0 Å². The quantitative estimate of drug-likeness (QED) is 0.826. The zero-order chi connectivity index (χ0) is 16.2.